The zero-order valence-electron chi connectivity index (χ0n) is 20.9. The Kier molecular flexibility index (Phi) is 18.3. The zero-order valence-corrected chi connectivity index (χ0v) is 21.6. The fraction of sp³-hybridized carbons (Fsp3) is 0.571. The lowest BCUT2D eigenvalue weighted by molar-refractivity contribution is 0.271. The van der Waals surface area contributed by atoms with Crippen molar-refractivity contribution >= 4 is 11.6 Å². The van der Waals surface area contributed by atoms with E-state index in [1.165, 1.54) is 56.1 Å². The van der Waals surface area contributed by atoms with Crippen molar-refractivity contribution in [2.24, 2.45) is 0 Å². The summed E-state index contributed by atoms with van der Waals surface area (Å²) in [5, 5.41) is 10.3. The fourth-order valence-corrected chi connectivity index (χ4v) is 3.36. The summed E-state index contributed by atoms with van der Waals surface area (Å²) in [6.45, 7) is 15.4. The number of phenols is 1. The average Bonchev–Trinajstić information content (AvgIpc) is 2.79. The van der Waals surface area contributed by atoms with Crippen LogP contribution in [0.15, 0.2) is 42.5 Å². The van der Waals surface area contributed by atoms with Crippen molar-refractivity contribution in [2.75, 3.05) is 6.54 Å². The molecule has 0 heterocycles. The smallest absolute Gasteiger partial charge is 0.118 e. The van der Waals surface area contributed by atoms with Crippen LogP contribution in [0.2, 0.25) is 5.02 Å². The molecule has 0 radical (unpaired) electrons. The van der Waals surface area contributed by atoms with E-state index < -0.39 is 0 Å². The standard InChI is InChI=1S/C17H20ClNO.C9H20.C2H6/c1-3-19(11-14-4-7-16(18)8-5-14)12-15-6-9-17(20)13(2)10-15;1-3-5-7-9-8-6-4-2;1-2/h4-10,20H,3,11-12H2,1-2H3;3-9H2,1-2H3;1-2H3. The van der Waals surface area contributed by atoms with Crippen molar-refractivity contribution in [1.82, 2.24) is 4.90 Å². The van der Waals surface area contributed by atoms with E-state index in [1.807, 2.05) is 45.0 Å². The first-order chi connectivity index (χ1) is 15.0. The van der Waals surface area contributed by atoms with E-state index >= 15 is 0 Å². The fourth-order valence-electron chi connectivity index (χ4n) is 3.23. The number of hydrogen-bond donors (Lipinski definition) is 1. The number of halogens is 1. The molecule has 0 aromatic heterocycles. The zero-order chi connectivity index (χ0) is 23.5. The minimum atomic E-state index is 0.356. The van der Waals surface area contributed by atoms with Crippen LogP contribution >= 0.6 is 11.6 Å². The van der Waals surface area contributed by atoms with E-state index in [1.54, 1.807) is 6.07 Å². The molecule has 0 fully saturated rings. The van der Waals surface area contributed by atoms with Crippen LogP contribution in [0.1, 0.15) is 96.3 Å². The Morgan fingerprint density at radius 1 is 0.742 bits per heavy atom. The lowest BCUT2D eigenvalue weighted by atomic mass is 10.1. The van der Waals surface area contributed by atoms with Crippen molar-refractivity contribution < 1.29 is 5.11 Å². The molecule has 2 aromatic rings. The van der Waals surface area contributed by atoms with Crippen molar-refractivity contribution in [3.8, 4) is 5.75 Å². The second kappa shape index (κ2) is 19.2. The summed E-state index contributed by atoms with van der Waals surface area (Å²) in [5.41, 5.74) is 3.40. The highest BCUT2D eigenvalue weighted by Crippen LogP contribution is 2.19. The molecule has 0 atom stereocenters. The van der Waals surface area contributed by atoms with Gasteiger partial charge in [0, 0.05) is 18.1 Å². The Balaban J connectivity index is 0.000000692. The summed E-state index contributed by atoms with van der Waals surface area (Å²) < 4.78 is 0. The van der Waals surface area contributed by atoms with Crippen LogP contribution in [0.5, 0.6) is 5.75 Å². The van der Waals surface area contributed by atoms with Gasteiger partial charge < -0.3 is 5.11 Å². The number of rotatable bonds is 11. The molecule has 0 aliphatic carbocycles. The van der Waals surface area contributed by atoms with Gasteiger partial charge in [0.05, 0.1) is 0 Å². The molecule has 0 saturated carbocycles. The summed E-state index contributed by atoms with van der Waals surface area (Å²) in [6.07, 6.45) is 9.97. The van der Waals surface area contributed by atoms with E-state index in [9.17, 15) is 5.11 Å². The first kappa shape index (κ1) is 29.5. The predicted octanol–water partition coefficient (Wildman–Crippen LogP) is 9.16. The molecule has 31 heavy (non-hydrogen) atoms. The van der Waals surface area contributed by atoms with Crippen LogP contribution in [0, 0.1) is 6.92 Å². The van der Waals surface area contributed by atoms with Gasteiger partial charge in [-0.2, -0.15) is 0 Å². The first-order valence-corrected chi connectivity index (χ1v) is 12.6. The van der Waals surface area contributed by atoms with Crippen molar-refractivity contribution in [1.29, 1.82) is 0 Å². The number of nitrogens with zero attached hydrogens (tertiary/aromatic N) is 1. The Morgan fingerprint density at radius 2 is 1.23 bits per heavy atom. The van der Waals surface area contributed by atoms with Crippen LogP contribution in [-0.2, 0) is 13.1 Å². The number of aryl methyl sites for hydroxylation is 1. The molecule has 3 heteroatoms. The van der Waals surface area contributed by atoms with Crippen molar-refractivity contribution in [3.63, 3.8) is 0 Å². The van der Waals surface area contributed by atoms with Gasteiger partial charge in [-0.25, -0.2) is 0 Å². The summed E-state index contributed by atoms with van der Waals surface area (Å²) >= 11 is 5.91. The van der Waals surface area contributed by atoms with Gasteiger partial charge >= 0.3 is 0 Å². The van der Waals surface area contributed by atoms with Gasteiger partial charge in [-0.05, 0) is 48.4 Å². The summed E-state index contributed by atoms with van der Waals surface area (Å²) in [4.78, 5) is 2.36. The Labute approximate surface area is 197 Å². The summed E-state index contributed by atoms with van der Waals surface area (Å²) in [5.74, 6) is 0.356. The lowest BCUT2D eigenvalue weighted by Gasteiger charge is -2.21. The highest BCUT2D eigenvalue weighted by Gasteiger charge is 2.06. The SMILES string of the molecule is CC.CCCCCCCCC.CCN(Cc1ccc(Cl)cc1)Cc1ccc(O)c(C)c1. The van der Waals surface area contributed by atoms with Crippen molar-refractivity contribution in [2.45, 2.75) is 99.6 Å². The van der Waals surface area contributed by atoms with E-state index in [-0.39, 0.29) is 0 Å². The lowest BCUT2D eigenvalue weighted by Crippen LogP contribution is -2.22. The molecule has 1 N–H and O–H groups in total. The normalized spacial score (nSPS) is 10.2. The van der Waals surface area contributed by atoms with Crippen LogP contribution in [0.25, 0.3) is 0 Å². The molecule has 0 aliphatic heterocycles. The number of unbranched alkanes of at least 4 members (excludes halogenated alkanes) is 6. The first-order valence-electron chi connectivity index (χ1n) is 12.2. The minimum Gasteiger partial charge on any atom is -0.508 e. The Hall–Kier alpha value is -1.51. The molecule has 0 unspecified atom stereocenters. The molecule has 0 bridgehead atoms. The van der Waals surface area contributed by atoms with Gasteiger partial charge in [-0.1, -0.05) is 115 Å². The third-order valence-electron chi connectivity index (χ3n) is 5.14. The monoisotopic (exact) mass is 447 g/mol. The maximum atomic E-state index is 9.57. The maximum absolute atomic E-state index is 9.57. The Bertz CT molecular complexity index is 663. The molecule has 0 spiro atoms. The highest BCUT2D eigenvalue weighted by atomic mass is 35.5. The van der Waals surface area contributed by atoms with Gasteiger partial charge in [0.25, 0.3) is 0 Å². The van der Waals surface area contributed by atoms with E-state index in [0.717, 1.165) is 30.2 Å². The van der Waals surface area contributed by atoms with Gasteiger partial charge in [-0.15, -0.1) is 0 Å². The highest BCUT2D eigenvalue weighted by molar-refractivity contribution is 6.30. The average molecular weight is 448 g/mol. The molecule has 0 amide bonds. The number of benzene rings is 2. The van der Waals surface area contributed by atoms with E-state index in [0.29, 0.717) is 5.75 Å². The van der Waals surface area contributed by atoms with Crippen LogP contribution in [-0.4, -0.2) is 16.6 Å². The van der Waals surface area contributed by atoms with Crippen molar-refractivity contribution in [3.05, 3.63) is 64.2 Å². The van der Waals surface area contributed by atoms with Gasteiger partial charge in [0.15, 0.2) is 0 Å². The molecule has 2 nitrogen and oxygen atoms in total. The van der Waals surface area contributed by atoms with Gasteiger partial charge in [0.1, 0.15) is 5.75 Å². The van der Waals surface area contributed by atoms with Crippen LogP contribution in [0.3, 0.4) is 0 Å². The predicted molar refractivity (Wildman–Crippen MR) is 139 cm³/mol. The number of aromatic hydroxyl groups is 1. The molecular formula is C28H46ClNO. The van der Waals surface area contributed by atoms with E-state index in [2.05, 4.69) is 37.8 Å². The summed E-state index contributed by atoms with van der Waals surface area (Å²) in [6, 6.07) is 13.8. The van der Waals surface area contributed by atoms with Crippen LogP contribution in [0.4, 0.5) is 0 Å². The molecule has 2 rings (SSSR count). The topological polar surface area (TPSA) is 23.5 Å². The van der Waals surface area contributed by atoms with Crippen LogP contribution < -0.4 is 0 Å². The quantitative estimate of drug-likeness (QED) is 0.347. The van der Waals surface area contributed by atoms with E-state index in [4.69, 9.17) is 11.6 Å². The molecule has 176 valence electrons. The molecule has 0 aliphatic rings. The number of phenolic OH excluding ortho intramolecular Hbond substituents is 1. The minimum absolute atomic E-state index is 0.356. The van der Waals surface area contributed by atoms with Gasteiger partial charge in [-0.3, -0.25) is 4.90 Å². The largest absolute Gasteiger partial charge is 0.508 e. The molecule has 0 saturated heterocycles. The third-order valence-corrected chi connectivity index (χ3v) is 5.39. The third kappa shape index (κ3) is 14.2. The Morgan fingerprint density at radius 3 is 1.71 bits per heavy atom. The molecule has 2 aromatic carbocycles. The number of hydrogen-bond acceptors (Lipinski definition) is 2. The van der Waals surface area contributed by atoms with Gasteiger partial charge in [0.2, 0.25) is 0 Å². The maximum Gasteiger partial charge on any atom is 0.118 e. The second-order valence-electron chi connectivity index (χ2n) is 7.82. The second-order valence-corrected chi connectivity index (χ2v) is 8.25. The molecular weight excluding hydrogens is 402 g/mol. The summed E-state index contributed by atoms with van der Waals surface area (Å²) in [7, 11) is 0.